The molecule has 188 valence electrons. The van der Waals surface area contributed by atoms with Crippen LogP contribution in [-0.4, -0.2) is 29.4 Å². The Hall–Kier alpha value is -4.19. The number of carbonyl (C=O) groups is 3. The number of rotatable bonds is 5. The second-order valence-corrected chi connectivity index (χ2v) is 9.49. The number of aliphatic hydroxyl groups is 1. The van der Waals surface area contributed by atoms with Gasteiger partial charge in [0.25, 0.3) is 11.7 Å². The highest BCUT2D eigenvalue weighted by atomic mass is 16.5. The van der Waals surface area contributed by atoms with Crippen LogP contribution in [-0.2, 0) is 27.2 Å². The van der Waals surface area contributed by atoms with E-state index in [9.17, 15) is 19.5 Å². The van der Waals surface area contributed by atoms with Crippen molar-refractivity contribution >= 4 is 29.1 Å². The smallest absolute Gasteiger partial charge is 0.338 e. The van der Waals surface area contributed by atoms with E-state index in [-0.39, 0.29) is 23.5 Å². The van der Waals surface area contributed by atoms with E-state index in [1.807, 2.05) is 49.4 Å². The first-order valence-electron chi connectivity index (χ1n) is 12.7. The van der Waals surface area contributed by atoms with Crippen molar-refractivity contribution < 1.29 is 24.2 Å². The number of hydrogen-bond acceptors (Lipinski definition) is 5. The molecule has 1 fully saturated rings. The topological polar surface area (TPSA) is 83.9 Å². The molecule has 0 radical (unpaired) electrons. The van der Waals surface area contributed by atoms with Crippen LogP contribution < -0.4 is 4.90 Å². The van der Waals surface area contributed by atoms with Crippen molar-refractivity contribution in [2.75, 3.05) is 11.5 Å². The van der Waals surface area contributed by atoms with Crippen molar-refractivity contribution in [2.45, 2.75) is 45.6 Å². The zero-order valence-corrected chi connectivity index (χ0v) is 21.0. The number of ether oxygens (including phenoxy) is 1. The number of anilines is 1. The van der Waals surface area contributed by atoms with Crippen LogP contribution in [0.5, 0.6) is 0 Å². The van der Waals surface area contributed by atoms with Gasteiger partial charge < -0.3 is 9.84 Å². The van der Waals surface area contributed by atoms with Gasteiger partial charge in [-0.25, -0.2) is 4.79 Å². The molecule has 1 atom stereocenters. The van der Waals surface area contributed by atoms with Crippen molar-refractivity contribution in [1.82, 2.24) is 0 Å². The van der Waals surface area contributed by atoms with Crippen LogP contribution in [0.3, 0.4) is 0 Å². The molecule has 0 spiro atoms. The monoisotopic (exact) mass is 495 g/mol. The number of aryl methyl sites for hydroxylation is 3. The quantitative estimate of drug-likeness (QED) is 0.213. The molecule has 1 aliphatic carbocycles. The van der Waals surface area contributed by atoms with E-state index >= 15 is 0 Å². The number of aliphatic hydroxyl groups excluding tert-OH is 1. The van der Waals surface area contributed by atoms with Gasteiger partial charge in [-0.05, 0) is 86.1 Å². The first-order chi connectivity index (χ1) is 17.9. The summed E-state index contributed by atoms with van der Waals surface area (Å²) in [5.74, 6) is -2.22. The molecule has 0 saturated carbocycles. The molecule has 1 heterocycles. The molecule has 37 heavy (non-hydrogen) atoms. The fraction of sp³-hybridized carbons (Fsp3) is 0.258. The lowest BCUT2D eigenvalue weighted by atomic mass is 9.88. The molecular formula is C31H29NO5. The van der Waals surface area contributed by atoms with Gasteiger partial charge in [-0.2, -0.15) is 0 Å². The zero-order chi connectivity index (χ0) is 26.1. The van der Waals surface area contributed by atoms with Crippen LogP contribution >= 0.6 is 0 Å². The number of carbonyl (C=O) groups excluding carboxylic acids is 3. The highest BCUT2D eigenvalue weighted by Gasteiger charge is 2.47. The minimum Gasteiger partial charge on any atom is -0.507 e. The van der Waals surface area contributed by atoms with Crippen LogP contribution in [0.15, 0.2) is 72.3 Å². The van der Waals surface area contributed by atoms with Crippen LogP contribution in [0.25, 0.3) is 5.76 Å². The third-order valence-corrected chi connectivity index (χ3v) is 7.18. The maximum Gasteiger partial charge on any atom is 0.338 e. The number of nitrogens with zero attached hydrogens (tertiary/aromatic N) is 1. The molecule has 1 aliphatic heterocycles. The number of hydrogen-bond donors (Lipinski definition) is 1. The number of amides is 1. The van der Waals surface area contributed by atoms with Gasteiger partial charge in [0, 0.05) is 11.3 Å². The first-order valence-corrected chi connectivity index (χ1v) is 12.7. The summed E-state index contributed by atoms with van der Waals surface area (Å²) in [4.78, 5) is 40.8. The van der Waals surface area contributed by atoms with Gasteiger partial charge in [-0.3, -0.25) is 14.5 Å². The predicted octanol–water partition coefficient (Wildman–Crippen LogP) is 5.68. The van der Waals surface area contributed by atoms with Gasteiger partial charge in [0.15, 0.2) is 0 Å². The summed E-state index contributed by atoms with van der Waals surface area (Å²) in [5.41, 5.74) is 5.24. The zero-order valence-electron chi connectivity index (χ0n) is 21.0. The Morgan fingerprint density at radius 2 is 1.70 bits per heavy atom. The second kappa shape index (κ2) is 10.1. The minimum atomic E-state index is -0.852. The van der Waals surface area contributed by atoms with Gasteiger partial charge in [0.1, 0.15) is 5.76 Å². The standard InChI is InChI=1S/C31H29NO5/c1-3-37-31(36)23-12-8-13-24(18-23)32-27(25-14-7-4-9-19(25)2)26(29(34)30(32)35)28(33)22-16-15-20-10-5-6-11-21(20)17-22/h4,7-9,12-18,27,33H,3,5-6,10-11H2,1-2H3/b28-26+. The number of Topliss-reactive ketones (excluding diaryl/α,β-unsaturated/α-hetero) is 1. The fourth-order valence-electron chi connectivity index (χ4n) is 5.32. The summed E-state index contributed by atoms with van der Waals surface area (Å²) in [6.07, 6.45) is 4.15. The number of esters is 1. The average Bonchev–Trinajstić information content (AvgIpc) is 3.18. The van der Waals surface area contributed by atoms with Crippen LogP contribution in [0.2, 0.25) is 0 Å². The Balaban J connectivity index is 1.68. The molecule has 1 saturated heterocycles. The molecule has 3 aromatic rings. The van der Waals surface area contributed by atoms with Crippen LogP contribution in [0.4, 0.5) is 5.69 Å². The summed E-state index contributed by atoms with van der Waals surface area (Å²) < 4.78 is 5.13. The lowest BCUT2D eigenvalue weighted by Gasteiger charge is -2.27. The lowest BCUT2D eigenvalue weighted by Crippen LogP contribution is -2.30. The molecule has 6 heteroatoms. The molecule has 3 aromatic carbocycles. The fourth-order valence-corrected chi connectivity index (χ4v) is 5.32. The Bertz CT molecular complexity index is 1440. The van der Waals surface area contributed by atoms with Gasteiger partial charge in [0.05, 0.1) is 23.8 Å². The molecule has 2 aliphatic rings. The van der Waals surface area contributed by atoms with Crippen molar-refractivity contribution in [3.8, 4) is 0 Å². The molecule has 5 rings (SSSR count). The third-order valence-electron chi connectivity index (χ3n) is 7.18. The van der Waals surface area contributed by atoms with Gasteiger partial charge >= 0.3 is 5.97 Å². The minimum absolute atomic E-state index is 0.0385. The summed E-state index contributed by atoms with van der Waals surface area (Å²) >= 11 is 0. The van der Waals surface area contributed by atoms with Crippen molar-refractivity contribution in [2.24, 2.45) is 0 Å². The van der Waals surface area contributed by atoms with Crippen LogP contribution in [0, 0.1) is 6.92 Å². The normalized spacial score (nSPS) is 18.5. The molecule has 6 nitrogen and oxygen atoms in total. The van der Waals surface area contributed by atoms with Gasteiger partial charge in [-0.15, -0.1) is 0 Å². The van der Waals surface area contributed by atoms with E-state index < -0.39 is 23.7 Å². The summed E-state index contributed by atoms with van der Waals surface area (Å²) in [6.45, 7) is 3.85. The van der Waals surface area contributed by atoms with Crippen LogP contribution in [0.1, 0.15) is 64.0 Å². The van der Waals surface area contributed by atoms with E-state index in [1.165, 1.54) is 16.0 Å². The highest BCUT2D eigenvalue weighted by molar-refractivity contribution is 6.51. The van der Waals surface area contributed by atoms with Crippen molar-refractivity contribution in [3.05, 3.63) is 106 Å². The summed E-state index contributed by atoms with van der Waals surface area (Å²) in [7, 11) is 0. The Morgan fingerprint density at radius 3 is 2.46 bits per heavy atom. The van der Waals surface area contributed by atoms with Gasteiger partial charge in [0.2, 0.25) is 0 Å². The van der Waals surface area contributed by atoms with E-state index in [4.69, 9.17) is 4.74 Å². The summed E-state index contributed by atoms with van der Waals surface area (Å²) in [5, 5.41) is 11.5. The second-order valence-electron chi connectivity index (χ2n) is 9.49. The molecule has 1 amide bonds. The Labute approximate surface area is 216 Å². The Kier molecular flexibility index (Phi) is 6.66. The number of fused-ring (bicyclic) bond motifs is 1. The van der Waals surface area contributed by atoms with Crippen molar-refractivity contribution in [1.29, 1.82) is 0 Å². The van der Waals surface area contributed by atoms with Crippen molar-refractivity contribution in [3.63, 3.8) is 0 Å². The lowest BCUT2D eigenvalue weighted by molar-refractivity contribution is -0.132. The predicted molar refractivity (Wildman–Crippen MR) is 141 cm³/mol. The molecule has 0 aromatic heterocycles. The maximum absolute atomic E-state index is 13.5. The first kappa shape index (κ1) is 24.5. The summed E-state index contributed by atoms with van der Waals surface area (Å²) in [6, 6.07) is 18.9. The SMILES string of the molecule is CCOC(=O)c1cccc(N2C(=O)C(=O)/C(=C(/O)c3ccc4c(c3)CCCC4)C2c2ccccc2C)c1. The Morgan fingerprint density at radius 1 is 0.946 bits per heavy atom. The highest BCUT2D eigenvalue weighted by Crippen LogP contribution is 2.43. The van der Waals surface area contributed by atoms with E-state index in [2.05, 4.69) is 0 Å². The average molecular weight is 496 g/mol. The molecule has 0 bridgehead atoms. The van der Waals surface area contributed by atoms with E-state index in [0.29, 0.717) is 11.3 Å². The number of benzene rings is 3. The number of ketones is 1. The molecule has 1 N–H and O–H groups in total. The molecule has 1 unspecified atom stereocenters. The maximum atomic E-state index is 13.5. The van der Waals surface area contributed by atoms with E-state index in [1.54, 1.807) is 31.2 Å². The van der Waals surface area contributed by atoms with E-state index in [0.717, 1.165) is 36.8 Å². The van der Waals surface area contributed by atoms with Gasteiger partial charge in [-0.1, -0.05) is 42.5 Å². The molecular weight excluding hydrogens is 466 g/mol. The largest absolute Gasteiger partial charge is 0.507 e. The third kappa shape index (κ3) is 4.44.